The highest BCUT2D eigenvalue weighted by atomic mass is 16.2. The number of aromatic nitrogens is 4. The molecule has 2 amide bonds. The van der Waals surface area contributed by atoms with E-state index in [0.29, 0.717) is 40.8 Å². The Hall–Kier alpha value is -4.57. The number of nitrogen functional groups attached to an aromatic ring is 1. The molecule has 0 spiro atoms. The highest BCUT2D eigenvalue weighted by Crippen LogP contribution is 2.28. The molecule has 0 fully saturated rings. The van der Waals surface area contributed by atoms with Crippen molar-refractivity contribution in [3.8, 4) is 11.3 Å². The Morgan fingerprint density at radius 1 is 1.09 bits per heavy atom. The number of benzene rings is 1. The lowest BCUT2D eigenvalue weighted by Crippen LogP contribution is -2.22. The van der Waals surface area contributed by atoms with Crippen LogP contribution in [0.2, 0.25) is 0 Å². The van der Waals surface area contributed by atoms with Crippen molar-refractivity contribution >= 4 is 29.0 Å². The van der Waals surface area contributed by atoms with E-state index in [9.17, 15) is 9.59 Å². The van der Waals surface area contributed by atoms with Crippen LogP contribution in [-0.4, -0.2) is 56.7 Å². The zero-order valence-electron chi connectivity index (χ0n) is 19.5. The van der Waals surface area contributed by atoms with Crippen LogP contribution in [0.25, 0.3) is 16.8 Å². The molecule has 0 aliphatic rings. The molecule has 0 aliphatic heterocycles. The number of fused-ring (bicyclic) bond motifs is 1. The number of likely N-dealkylation sites (N-methyl/N-ethyl adjacent to an activating group) is 1. The molecule has 0 saturated carbocycles. The minimum atomic E-state index is -0.267. The second-order valence-electron chi connectivity index (χ2n) is 8.04. The van der Waals surface area contributed by atoms with Gasteiger partial charge in [-0.15, -0.1) is 0 Å². The molecule has 4 rings (SSSR count). The number of nitrogens with zero attached hydrogens (tertiary/aromatic N) is 5. The molecule has 10 heteroatoms. The van der Waals surface area contributed by atoms with Gasteiger partial charge in [-0.25, -0.2) is 15.0 Å². The van der Waals surface area contributed by atoms with Crippen molar-refractivity contribution in [1.82, 2.24) is 29.6 Å². The molecular formula is C25H26N8O2. The highest BCUT2D eigenvalue weighted by Gasteiger charge is 2.17. The monoisotopic (exact) mass is 470 g/mol. The molecule has 35 heavy (non-hydrogen) atoms. The summed E-state index contributed by atoms with van der Waals surface area (Å²) in [5, 5.41) is 5.61. The molecule has 10 nitrogen and oxygen atoms in total. The van der Waals surface area contributed by atoms with Crippen LogP contribution in [0.15, 0.2) is 73.2 Å². The maximum absolute atomic E-state index is 12.5. The number of nitrogens with one attached hydrogen (secondary N) is 2. The standard InChI is InChI=1S/C25H26N8O2/c1-32(2)14-5-7-21(34)29-16-20-31-22(23-24(26)28-13-15-33(20)23)17-8-10-18(11-9-17)25(35)30-19-6-3-4-12-27-19/h3-13,15H,14,16H2,1-2H3,(H2,26,28)(H,29,34)(H,27,30,35)/b7-5+. The summed E-state index contributed by atoms with van der Waals surface area (Å²) in [6.45, 7) is 0.877. The largest absolute Gasteiger partial charge is 0.382 e. The van der Waals surface area contributed by atoms with Gasteiger partial charge in [0.05, 0.1) is 6.54 Å². The van der Waals surface area contributed by atoms with Crippen LogP contribution in [0.3, 0.4) is 0 Å². The summed E-state index contributed by atoms with van der Waals surface area (Å²) in [6, 6.07) is 12.3. The molecule has 178 valence electrons. The summed E-state index contributed by atoms with van der Waals surface area (Å²) in [5.41, 5.74) is 8.66. The topological polar surface area (TPSA) is 131 Å². The minimum Gasteiger partial charge on any atom is -0.382 e. The lowest BCUT2D eigenvalue weighted by atomic mass is 10.1. The first-order valence-corrected chi connectivity index (χ1v) is 11.0. The second kappa shape index (κ2) is 10.6. The van der Waals surface area contributed by atoms with Crippen LogP contribution in [-0.2, 0) is 11.3 Å². The molecule has 0 unspecified atom stereocenters. The van der Waals surface area contributed by atoms with E-state index in [1.807, 2.05) is 23.4 Å². The average Bonchev–Trinajstić information content (AvgIpc) is 3.23. The fraction of sp³-hybridized carbons (Fsp3) is 0.160. The van der Waals surface area contributed by atoms with Crippen molar-refractivity contribution in [3.63, 3.8) is 0 Å². The number of rotatable bonds is 8. The van der Waals surface area contributed by atoms with Gasteiger partial charge in [-0.05, 0) is 38.4 Å². The minimum absolute atomic E-state index is 0.209. The van der Waals surface area contributed by atoms with Gasteiger partial charge in [-0.3, -0.25) is 14.0 Å². The number of hydrogen-bond acceptors (Lipinski definition) is 7. The predicted molar refractivity (Wildman–Crippen MR) is 135 cm³/mol. The van der Waals surface area contributed by atoms with Crippen molar-refractivity contribution in [3.05, 3.63) is 84.6 Å². The third kappa shape index (κ3) is 5.68. The van der Waals surface area contributed by atoms with Gasteiger partial charge in [-0.1, -0.05) is 24.3 Å². The molecule has 0 bridgehead atoms. The van der Waals surface area contributed by atoms with E-state index in [-0.39, 0.29) is 18.4 Å². The van der Waals surface area contributed by atoms with Crippen LogP contribution in [0.5, 0.6) is 0 Å². The van der Waals surface area contributed by atoms with Gasteiger partial charge < -0.3 is 21.3 Å². The van der Waals surface area contributed by atoms with E-state index < -0.39 is 0 Å². The van der Waals surface area contributed by atoms with Crippen LogP contribution < -0.4 is 16.4 Å². The first-order chi connectivity index (χ1) is 16.9. The second-order valence-corrected chi connectivity index (χ2v) is 8.04. The highest BCUT2D eigenvalue weighted by molar-refractivity contribution is 6.04. The van der Waals surface area contributed by atoms with Crippen LogP contribution in [0, 0.1) is 0 Å². The first kappa shape index (κ1) is 23.6. The number of amides is 2. The smallest absolute Gasteiger partial charge is 0.256 e. The number of nitrogens with two attached hydrogens (primary N) is 1. The molecule has 3 heterocycles. The van der Waals surface area contributed by atoms with Crippen molar-refractivity contribution in [1.29, 1.82) is 0 Å². The van der Waals surface area contributed by atoms with E-state index in [4.69, 9.17) is 10.7 Å². The van der Waals surface area contributed by atoms with E-state index in [2.05, 4.69) is 20.6 Å². The van der Waals surface area contributed by atoms with Crippen LogP contribution in [0.4, 0.5) is 11.6 Å². The Bertz CT molecular complexity index is 1360. The van der Waals surface area contributed by atoms with E-state index in [1.165, 1.54) is 6.08 Å². The van der Waals surface area contributed by atoms with E-state index >= 15 is 0 Å². The summed E-state index contributed by atoms with van der Waals surface area (Å²) < 4.78 is 1.81. The Kier molecular flexibility index (Phi) is 7.12. The SMILES string of the molecule is CN(C)C/C=C/C(=O)NCc1nc(-c2ccc(C(=O)Nc3ccccn3)cc2)c2c(N)nccn12. The summed E-state index contributed by atoms with van der Waals surface area (Å²) in [7, 11) is 3.86. The van der Waals surface area contributed by atoms with E-state index in [0.717, 1.165) is 5.56 Å². The van der Waals surface area contributed by atoms with Gasteiger partial charge in [0, 0.05) is 42.3 Å². The predicted octanol–water partition coefficient (Wildman–Crippen LogP) is 2.36. The molecule has 1 aromatic carbocycles. The number of anilines is 2. The maximum Gasteiger partial charge on any atom is 0.256 e. The molecule has 0 aliphatic carbocycles. The van der Waals surface area contributed by atoms with Crippen molar-refractivity contribution in [2.24, 2.45) is 0 Å². The Labute approximate surface area is 202 Å². The third-order valence-electron chi connectivity index (χ3n) is 5.14. The van der Waals surface area contributed by atoms with Gasteiger partial charge in [0.25, 0.3) is 5.91 Å². The molecular weight excluding hydrogens is 444 g/mol. The fourth-order valence-electron chi connectivity index (χ4n) is 3.45. The zero-order valence-corrected chi connectivity index (χ0v) is 19.5. The van der Waals surface area contributed by atoms with Gasteiger partial charge >= 0.3 is 0 Å². The van der Waals surface area contributed by atoms with Crippen LogP contribution >= 0.6 is 0 Å². The van der Waals surface area contributed by atoms with Gasteiger partial charge in [-0.2, -0.15) is 0 Å². The quantitative estimate of drug-likeness (QED) is 0.337. The summed E-state index contributed by atoms with van der Waals surface area (Å²) in [6.07, 6.45) is 8.24. The number of carbonyl (C=O) groups excluding carboxylic acids is 2. The van der Waals surface area contributed by atoms with Gasteiger partial charge in [0.15, 0.2) is 0 Å². The summed E-state index contributed by atoms with van der Waals surface area (Å²) in [4.78, 5) is 39.7. The van der Waals surface area contributed by atoms with Gasteiger partial charge in [0.1, 0.15) is 28.7 Å². The van der Waals surface area contributed by atoms with E-state index in [1.54, 1.807) is 67.1 Å². The molecule has 4 N–H and O–H groups in total. The summed E-state index contributed by atoms with van der Waals surface area (Å²) >= 11 is 0. The van der Waals surface area contributed by atoms with Crippen LogP contribution in [0.1, 0.15) is 16.2 Å². The summed E-state index contributed by atoms with van der Waals surface area (Å²) in [5.74, 6) is 0.918. The molecule has 0 saturated heterocycles. The third-order valence-corrected chi connectivity index (χ3v) is 5.14. The molecule has 0 atom stereocenters. The number of imidazole rings is 1. The Morgan fingerprint density at radius 3 is 2.60 bits per heavy atom. The maximum atomic E-state index is 12.5. The first-order valence-electron chi connectivity index (χ1n) is 11.0. The molecule has 3 aromatic heterocycles. The lowest BCUT2D eigenvalue weighted by Gasteiger charge is -2.05. The molecule has 4 aromatic rings. The van der Waals surface area contributed by atoms with Crippen molar-refractivity contribution in [2.45, 2.75) is 6.54 Å². The Balaban J connectivity index is 1.55. The normalized spacial score (nSPS) is 11.3. The van der Waals surface area contributed by atoms with Gasteiger partial charge in [0.2, 0.25) is 5.91 Å². The number of pyridine rings is 1. The Morgan fingerprint density at radius 2 is 1.89 bits per heavy atom. The average molecular weight is 471 g/mol. The van der Waals surface area contributed by atoms with Crippen molar-refractivity contribution in [2.75, 3.05) is 31.7 Å². The van der Waals surface area contributed by atoms with Crippen molar-refractivity contribution < 1.29 is 9.59 Å². The molecule has 0 radical (unpaired) electrons. The number of hydrogen-bond donors (Lipinski definition) is 3. The fourth-order valence-corrected chi connectivity index (χ4v) is 3.45. The zero-order chi connectivity index (χ0) is 24.8. The number of carbonyl (C=O) groups is 2. The lowest BCUT2D eigenvalue weighted by molar-refractivity contribution is -0.116.